The molecular formula is C20H21BrN2O3. The molecule has 0 unspecified atom stereocenters. The minimum atomic E-state index is -0.955. The standard InChI is InChI=1S/C20H21BrN2O3/c1-13-7-8-17-16(11-13)23(19(25)20(2,3)26-17)10-9-18(24)22-15-6-4-5-14(21)12-15/h4-8,11-12H,9-10H2,1-3H3,(H,22,24). The molecule has 6 heteroatoms. The zero-order valence-electron chi connectivity index (χ0n) is 15.0. The van der Waals surface area contributed by atoms with Gasteiger partial charge in [0.05, 0.1) is 5.69 Å². The molecule has 0 saturated heterocycles. The highest BCUT2D eigenvalue weighted by atomic mass is 79.9. The van der Waals surface area contributed by atoms with Crippen LogP contribution in [-0.4, -0.2) is 24.0 Å². The quantitative estimate of drug-likeness (QED) is 0.808. The molecule has 1 heterocycles. The second kappa shape index (κ2) is 7.11. The van der Waals surface area contributed by atoms with Gasteiger partial charge in [-0.2, -0.15) is 0 Å². The number of rotatable bonds is 4. The highest BCUT2D eigenvalue weighted by molar-refractivity contribution is 9.10. The molecule has 0 fully saturated rings. The van der Waals surface area contributed by atoms with Gasteiger partial charge in [-0.3, -0.25) is 9.59 Å². The fourth-order valence-electron chi connectivity index (χ4n) is 2.90. The van der Waals surface area contributed by atoms with Gasteiger partial charge >= 0.3 is 0 Å². The Hall–Kier alpha value is -2.34. The summed E-state index contributed by atoms with van der Waals surface area (Å²) >= 11 is 3.38. The van der Waals surface area contributed by atoms with Gasteiger partial charge in [0.2, 0.25) is 5.91 Å². The van der Waals surface area contributed by atoms with Crippen molar-refractivity contribution in [1.82, 2.24) is 0 Å². The Morgan fingerprint density at radius 2 is 2.00 bits per heavy atom. The number of benzene rings is 2. The van der Waals surface area contributed by atoms with E-state index in [9.17, 15) is 9.59 Å². The molecule has 136 valence electrons. The van der Waals surface area contributed by atoms with Crippen LogP contribution < -0.4 is 15.0 Å². The molecule has 0 atom stereocenters. The first kappa shape index (κ1) is 18.5. The summed E-state index contributed by atoms with van der Waals surface area (Å²) in [6.07, 6.45) is 0.196. The number of hydrogen-bond acceptors (Lipinski definition) is 3. The molecule has 2 aromatic rings. The van der Waals surface area contributed by atoms with E-state index in [2.05, 4.69) is 21.2 Å². The molecule has 1 N–H and O–H groups in total. The summed E-state index contributed by atoms with van der Waals surface area (Å²) in [5, 5.41) is 2.86. The van der Waals surface area contributed by atoms with Crippen LogP contribution in [0.15, 0.2) is 46.9 Å². The van der Waals surface area contributed by atoms with Gasteiger partial charge in [-0.1, -0.05) is 28.1 Å². The first-order valence-corrected chi connectivity index (χ1v) is 9.22. The highest BCUT2D eigenvalue weighted by Crippen LogP contribution is 2.38. The lowest BCUT2D eigenvalue weighted by Crippen LogP contribution is -2.53. The monoisotopic (exact) mass is 416 g/mol. The Morgan fingerprint density at radius 3 is 2.73 bits per heavy atom. The van der Waals surface area contributed by atoms with Gasteiger partial charge in [-0.25, -0.2) is 0 Å². The summed E-state index contributed by atoms with van der Waals surface area (Å²) in [6, 6.07) is 13.1. The van der Waals surface area contributed by atoms with Crippen molar-refractivity contribution in [2.75, 3.05) is 16.8 Å². The second-order valence-corrected chi connectivity index (χ2v) is 7.76. The molecule has 2 amide bonds. The summed E-state index contributed by atoms with van der Waals surface area (Å²) < 4.78 is 6.73. The van der Waals surface area contributed by atoms with Gasteiger partial charge in [0.25, 0.3) is 5.91 Å². The fraction of sp³-hybridized carbons (Fsp3) is 0.300. The summed E-state index contributed by atoms with van der Waals surface area (Å²) in [5.41, 5.74) is 1.51. The molecule has 0 bridgehead atoms. The van der Waals surface area contributed by atoms with E-state index < -0.39 is 5.60 Å². The first-order valence-electron chi connectivity index (χ1n) is 8.43. The Bertz CT molecular complexity index is 864. The smallest absolute Gasteiger partial charge is 0.270 e. The van der Waals surface area contributed by atoms with Crippen molar-refractivity contribution < 1.29 is 14.3 Å². The zero-order valence-corrected chi connectivity index (χ0v) is 16.6. The van der Waals surface area contributed by atoms with E-state index in [0.29, 0.717) is 23.7 Å². The Labute approximate surface area is 161 Å². The van der Waals surface area contributed by atoms with Gasteiger partial charge < -0.3 is 15.0 Å². The molecule has 5 nitrogen and oxygen atoms in total. The highest BCUT2D eigenvalue weighted by Gasteiger charge is 2.40. The van der Waals surface area contributed by atoms with Crippen LogP contribution in [0.5, 0.6) is 5.75 Å². The van der Waals surface area contributed by atoms with Crippen molar-refractivity contribution in [2.45, 2.75) is 32.8 Å². The van der Waals surface area contributed by atoms with E-state index in [1.165, 1.54) is 0 Å². The van der Waals surface area contributed by atoms with Crippen molar-refractivity contribution in [3.05, 3.63) is 52.5 Å². The van der Waals surface area contributed by atoms with Gasteiger partial charge in [-0.05, 0) is 56.7 Å². The molecule has 0 aromatic heterocycles. The lowest BCUT2D eigenvalue weighted by Gasteiger charge is -2.38. The van der Waals surface area contributed by atoms with Gasteiger partial charge in [-0.15, -0.1) is 0 Å². The predicted octanol–water partition coefficient (Wildman–Crippen LogP) is 4.29. The zero-order chi connectivity index (χ0) is 18.9. The molecule has 0 aliphatic carbocycles. The van der Waals surface area contributed by atoms with E-state index >= 15 is 0 Å². The van der Waals surface area contributed by atoms with Crippen LogP contribution in [-0.2, 0) is 9.59 Å². The maximum absolute atomic E-state index is 12.8. The number of nitrogens with one attached hydrogen (secondary N) is 1. The average molecular weight is 417 g/mol. The minimum absolute atomic E-state index is 0.144. The topological polar surface area (TPSA) is 58.6 Å². The van der Waals surface area contributed by atoms with E-state index in [4.69, 9.17) is 4.74 Å². The minimum Gasteiger partial charge on any atom is -0.476 e. The Morgan fingerprint density at radius 1 is 1.23 bits per heavy atom. The lowest BCUT2D eigenvalue weighted by atomic mass is 10.0. The van der Waals surface area contributed by atoms with E-state index in [1.807, 2.05) is 49.4 Å². The first-order chi connectivity index (χ1) is 12.3. The average Bonchev–Trinajstić information content (AvgIpc) is 2.56. The van der Waals surface area contributed by atoms with E-state index in [1.54, 1.807) is 18.7 Å². The van der Waals surface area contributed by atoms with Gasteiger partial charge in [0, 0.05) is 23.1 Å². The molecular weight excluding hydrogens is 396 g/mol. The SMILES string of the molecule is Cc1ccc2c(c1)N(CCC(=O)Nc1cccc(Br)c1)C(=O)C(C)(C)O2. The summed E-state index contributed by atoms with van der Waals surface area (Å²) in [7, 11) is 0. The number of fused-ring (bicyclic) bond motifs is 1. The van der Waals surface area contributed by atoms with Crippen molar-refractivity contribution in [1.29, 1.82) is 0 Å². The molecule has 3 rings (SSSR count). The number of carbonyl (C=O) groups excluding carboxylic acids is 2. The Balaban J connectivity index is 1.75. The normalized spacial score (nSPS) is 15.2. The molecule has 1 aliphatic rings. The number of amides is 2. The lowest BCUT2D eigenvalue weighted by molar-refractivity contribution is -0.132. The van der Waals surface area contributed by atoms with Gasteiger partial charge in [0.15, 0.2) is 5.60 Å². The number of aryl methyl sites for hydroxylation is 1. The molecule has 0 radical (unpaired) electrons. The van der Waals surface area contributed by atoms with Crippen LogP contribution in [0.25, 0.3) is 0 Å². The van der Waals surface area contributed by atoms with Crippen molar-refractivity contribution in [2.24, 2.45) is 0 Å². The predicted molar refractivity (Wildman–Crippen MR) is 106 cm³/mol. The third-order valence-corrected chi connectivity index (χ3v) is 4.69. The third kappa shape index (κ3) is 3.90. The van der Waals surface area contributed by atoms with Gasteiger partial charge in [0.1, 0.15) is 5.75 Å². The summed E-state index contributed by atoms with van der Waals surface area (Å²) in [6.45, 7) is 5.74. The molecule has 26 heavy (non-hydrogen) atoms. The number of ether oxygens (including phenoxy) is 1. The second-order valence-electron chi connectivity index (χ2n) is 6.85. The number of carbonyl (C=O) groups is 2. The molecule has 0 saturated carbocycles. The maximum Gasteiger partial charge on any atom is 0.270 e. The van der Waals surface area contributed by atoms with Crippen molar-refractivity contribution in [3.8, 4) is 5.75 Å². The maximum atomic E-state index is 12.8. The fourth-order valence-corrected chi connectivity index (χ4v) is 3.30. The number of halogens is 1. The molecule has 1 aliphatic heterocycles. The van der Waals surface area contributed by atoms with Crippen LogP contribution in [0.1, 0.15) is 25.8 Å². The van der Waals surface area contributed by atoms with Crippen LogP contribution in [0.3, 0.4) is 0 Å². The van der Waals surface area contributed by atoms with Crippen molar-refractivity contribution >= 4 is 39.1 Å². The van der Waals surface area contributed by atoms with Crippen molar-refractivity contribution in [3.63, 3.8) is 0 Å². The van der Waals surface area contributed by atoms with Crippen LogP contribution in [0, 0.1) is 6.92 Å². The number of hydrogen-bond donors (Lipinski definition) is 1. The van der Waals surface area contributed by atoms with E-state index in [-0.39, 0.29) is 18.2 Å². The number of anilines is 2. The molecule has 2 aromatic carbocycles. The number of nitrogens with zero attached hydrogens (tertiary/aromatic N) is 1. The summed E-state index contributed by atoms with van der Waals surface area (Å²) in [5.74, 6) is 0.368. The van der Waals surface area contributed by atoms with Crippen LogP contribution in [0.2, 0.25) is 0 Å². The van der Waals surface area contributed by atoms with Crippen LogP contribution in [0.4, 0.5) is 11.4 Å². The Kier molecular flexibility index (Phi) is 5.05. The molecule has 0 spiro atoms. The van der Waals surface area contributed by atoms with E-state index in [0.717, 1.165) is 10.0 Å². The third-order valence-electron chi connectivity index (χ3n) is 4.20. The summed E-state index contributed by atoms with van der Waals surface area (Å²) in [4.78, 5) is 26.8. The largest absolute Gasteiger partial charge is 0.476 e. The van der Waals surface area contributed by atoms with Crippen LogP contribution >= 0.6 is 15.9 Å².